The van der Waals surface area contributed by atoms with Crippen LogP contribution in [0.15, 0.2) is 60.7 Å². The van der Waals surface area contributed by atoms with E-state index in [0.717, 1.165) is 36.6 Å². The normalized spacial score (nSPS) is 13.3. The summed E-state index contributed by atoms with van der Waals surface area (Å²) in [4.78, 5) is 15.0. The van der Waals surface area contributed by atoms with E-state index < -0.39 is 0 Å². The minimum atomic E-state index is 0.111. The molecular formula is C29H36N2O3. The Labute approximate surface area is 203 Å². The molecule has 0 aliphatic heterocycles. The second kappa shape index (κ2) is 11.9. The number of benzene rings is 3. The summed E-state index contributed by atoms with van der Waals surface area (Å²) in [5.74, 6) is 1.64. The van der Waals surface area contributed by atoms with E-state index in [1.807, 2.05) is 32.0 Å². The molecule has 1 N–H and O–H groups in total. The molecule has 3 aromatic rings. The number of amides is 1. The monoisotopic (exact) mass is 460 g/mol. The number of carbonyl (C=O) groups is 1. The molecule has 0 heterocycles. The molecule has 3 aromatic carbocycles. The van der Waals surface area contributed by atoms with E-state index in [-0.39, 0.29) is 5.91 Å². The lowest BCUT2D eigenvalue weighted by Gasteiger charge is -2.22. The molecule has 34 heavy (non-hydrogen) atoms. The van der Waals surface area contributed by atoms with Gasteiger partial charge in [-0.1, -0.05) is 48.5 Å². The van der Waals surface area contributed by atoms with Crippen LogP contribution in [0.2, 0.25) is 0 Å². The van der Waals surface area contributed by atoms with Crippen LogP contribution in [0, 0.1) is 0 Å². The number of nitrogens with zero attached hydrogens (tertiary/aromatic N) is 1. The molecule has 1 aliphatic rings. The topological polar surface area (TPSA) is 50.8 Å². The summed E-state index contributed by atoms with van der Waals surface area (Å²) in [5, 5.41) is 5.67. The maximum absolute atomic E-state index is 12.6. The summed E-state index contributed by atoms with van der Waals surface area (Å²) in [5.41, 5.74) is 2.47. The number of nitrogens with one attached hydrogen (secondary N) is 1. The predicted octanol–water partition coefficient (Wildman–Crippen LogP) is 5.35. The molecule has 1 aliphatic carbocycles. The van der Waals surface area contributed by atoms with Crippen LogP contribution in [-0.2, 0) is 17.8 Å². The third-order valence-corrected chi connectivity index (χ3v) is 6.29. The molecule has 180 valence electrons. The Balaban J connectivity index is 1.27. The average Bonchev–Trinajstić information content (AvgIpc) is 3.69. The lowest BCUT2D eigenvalue weighted by atomic mass is 10.0. The summed E-state index contributed by atoms with van der Waals surface area (Å²) < 4.78 is 11.3. The van der Waals surface area contributed by atoms with Crippen LogP contribution in [0.25, 0.3) is 10.8 Å². The van der Waals surface area contributed by atoms with E-state index in [1.165, 1.54) is 29.2 Å². The smallest absolute Gasteiger partial charge is 0.221 e. The minimum absolute atomic E-state index is 0.111. The van der Waals surface area contributed by atoms with Gasteiger partial charge in [-0.05, 0) is 67.1 Å². The number of rotatable bonds is 13. The zero-order valence-electron chi connectivity index (χ0n) is 20.4. The van der Waals surface area contributed by atoms with Crippen molar-refractivity contribution in [3.05, 3.63) is 71.8 Å². The Morgan fingerprint density at radius 3 is 2.53 bits per heavy atom. The maximum atomic E-state index is 12.6. The molecule has 0 unspecified atom stereocenters. The van der Waals surface area contributed by atoms with Gasteiger partial charge in [0.1, 0.15) is 0 Å². The third-order valence-electron chi connectivity index (χ3n) is 6.29. The molecule has 0 atom stereocenters. The fourth-order valence-electron chi connectivity index (χ4n) is 4.41. The van der Waals surface area contributed by atoms with Crippen molar-refractivity contribution >= 4 is 16.7 Å². The van der Waals surface area contributed by atoms with Crippen molar-refractivity contribution in [1.29, 1.82) is 0 Å². The molecule has 4 rings (SSSR count). The largest absolute Gasteiger partial charge is 0.490 e. The van der Waals surface area contributed by atoms with Gasteiger partial charge in [0.2, 0.25) is 5.91 Å². The Morgan fingerprint density at radius 1 is 0.971 bits per heavy atom. The van der Waals surface area contributed by atoms with E-state index in [1.54, 1.807) is 0 Å². The van der Waals surface area contributed by atoms with E-state index in [2.05, 4.69) is 52.7 Å². The number of ether oxygens (including phenoxy) is 2. The first-order valence-corrected chi connectivity index (χ1v) is 12.5. The summed E-state index contributed by atoms with van der Waals surface area (Å²) in [6, 6.07) is 21.7. The molecule has 0 bridgehead atoms. The van der Waals surface area contributed by atoms with Gasteiger partial charge in [-0.2, -0.15) is 0 Å². The molecule has 0 radical (unpaired) electrons. The minimum Gasteiger partial charge on any atom is -0.490 e. The van der Waals surface area contributed by atoms with Crippen molar-refractivity contribution in [3.63, 3.8) is 0 Å². The van der Waals surface area contributed by atoms with Crippen LogP contribution in [0.4, 0.5) is 0 Å². The average molecular weight is 461 g/mol. The van der Waals surface area contributed by atoms with Crippen LogP contribution in [0.5, 0.6) is 11.5 Å². The van der Waals surface area contributed by atoms with Crippen molar-refractivity contribution in [2.24, 2.45) is 0 Å². The summed E-state index contributed by atoms with van der Waals surface area (Å²) >= 11 is 0. The molecule has 5 heteroatoms. The van der Waals surface area contributed by atoms with Crippen LogP contribution in [0.1, 0.15) is 44.2 Å². The number of hydrogen-bond donors (Lipinski definition) is 1. The van der Waals surface area contributed by atoms with Crippen molar-refractivity contribution in [2.75, 3.05) is 26.3 Å². The van der Waals surface area contributed by atoms with Gasteiger partial charge in [0, 0.05) is 32.1 Å². The summed E-state index contributed by atoms with van der Waals surface area (Å²) in [6.45, 7) is 7.43. The molecule has 0 aromatic heterocycles. The molecular weight excluding hydrogens is 424 g/mol. The quantitative estimate of drug-likeness (QED) is 0.374. The molecule has 0 saturated heterocycles. The molecule has 1 amide bonds. The summed E-state index contributed by atoms with van der Waals surface area (Å²) in [7, 11) is 0. The highest BCUT2D eigenvalue weighted by atomic mass is 16.5. The van der Waals surface area contributed by atoms with Gasteiger partial charge in [-0.25, -0.2) is 0 Å². The standard InChI is InChI=1S/C29H36N2O3/c1-3-33-27-15-12-22(20-28(27)34-4-2)16-18-30-29(32)17-19-31(25-13-14-25)21-24-10-7-9-23-8-5-6-11-26(23)24/h5-12,15,20,25H,3-4,13-14,16-19,21H2,1-2H3,(H,30,32). The van der Waals surface area contributed by atoms with Gasteiger partial charge in [-0.15, -0.1) is 0 Å². The zero-order valence-corrected chi connectivity index (χ0v) is 20.4. The molecule has 1 fully saturated rings. The van der Waals surface area contributed by atoms with Gasteiger partial charge in [-0.3, -0.25) is 9.69 Å². The summed E-state index contributed by atoms with van der Waals surface area (Å²) in [6.07, 6.45) is 3.74. The van der Waals surface area contributed by atoms with Gasteiger partial charge in [0.05, 0.1) is 13.2 Å². The number of fused-ring (bicyclic) bond motifs is 1. The number of hydrogen-bond acceptors (Lipinski definition) is 4. The van der Waals surface area contributed by atoms with Gasteiger partial charge in [0.25, 0.3) is 0 Å². The fourth-order valence-corrected chi connectivity index (χ4v) is 4.41. The molecule has 0 spiro atoms. The van der Waals surface area contributed by atoms with Gasteiger partial charge in [0.15, 0.2) is 11.5 Å². The first-order valence-electron chi connectivity index (χ1n) is 12.5. The van der Waals surface area contributed by atoms with Crippen molar-refractivity contribution in [1.82, 2.24) is 10.2 Å². The van der Waals surface area contributed by atoms with Crippen LogP contribution < -0.4 is 14.8 Å². The zero-order chi connectivity index (χ0) is 23.8. The Bertz CT molecular complexity index is 1090. The lowest BCUT2D eigenvalue weighted by molar-refractivity contribution is -0.121. The Kier molecular flexibility index (Phi) is 8.42. The highest BCUT2D eigenvalue weighted by Gasteiger charge is 2.29. The van der Waals surface area contributed by atoms with E-state index in [0.29, 0.717) is 32.2 Å². The molecule has 1 saturated carbocycles. The molecule has 5 nitrogen and oxygen atoms in total. The second-order valence-electron chi connectivity index (χ2n) is 8.84. The Morgan fingerprint density at radius 2 is 1.74 bits per heavy atom. The highest BCUT2D eigenvalue weighted by Crippen LogP contribution is 2.30. The van der Waals surface area contributed by atoms with Gasteiger partial charge < -0.3 is 14.8 Å². The van der Waals surface area contributed by atoms with E-state index in [9.17, 15) is 4.79 Å². The third kappa shape index (κ3) is 6.51. The lowest BCUT2D eigenvalue weighted by Crippen LogP contribution is -2.32. The van der Waals surface area contributed by atoms with Crippen LogP contribution in [0.3, 0.4) is 0 Å². The van der Waals surface area contributed by atoms with Crippen molar-refractivity contribution in [3.8, 4) is 11.5 Å². The van der Waals surface area contributed by atoms with E-state index >= 15 is 0 Å². The Hall–Kier alpha value is -3.05. The SMILES string of the molecule is CCOc1ccc(CCNC(=O)CCN(Cc2cccc3ccccc23)C2CC2)cc1OCC. The highest BCUT2D eigenvalue weighted by molar-refractivity contribution is 5.85. The van der Waals surface area contributed by atoms with Gasteiger partial charge >= 0.3 is 0 Å². The number of carbonyl (C=O) groups excluding carboxylic acids is 1. The first-order chi connectivity index (χ1) is 16.7. The van der Waals surface area contributed by atoms with Crippen LogP contribution in [-0.4, -0.2) is 43.2 Å². The maximum Gasteiger partial charge on any atom is 0.221 e. The van der Waals surface area contributed by atoms with E-state index in [4.69, 9.17) is 9.47 Å². The second-order valence-corrected chi connectivity index (χ2v) is 8.84. The first kappa shape index (κ1) is 24.1. The van der Waals surface area contributed by atoms with Crippen LogP contribution >= 0.6 is 0 Å². The van der Waals surface area contributed by atoms with Crippen molar-refractivity contribution < 1.29 is 14.3 Å². The predicted molar refractivity (Wildman–Crippen MR) is 137 cm³/mol. The fraction of sp³-hybridized carbons (Fsp3) is 0.414. The van der Waals surface area contributed by atoms with Crippen molar-refractivity contribution in [2.45, 2.75) is 52.1 Å².